The van der Waals surface area contributed by atoms with Crippen LogP contribution in [0.2, 0.25) is 5.02 Å². The number of carboxylic acid groups (broad SMARTS) is 1. The third kappa shape index (κ3) is 2.72. The van der Waals surface area contributed by atoms with Crippen LogP contribution in [0.5, 0.6) is 0 Å². The maximum absolute atomic E-state index is 11.5. The Bertz CT molecular complexity index is 712. The molecule has 0 atom stereocenters. The van der Waals surface area contributed by atoms with Gasteiger partial charge in [-0.05, 0) is 43.9 Å². The number of carbonyl (C=O) groups is 1. The Hall–Kier alpha value is -1.33. The molecule has 3 rings (SSSR count). The lowest BCUT2D eigenvalue weighted by Crippen LogP contribution is -2.04. The van der Waals surface area contributed by atoms with E-state index in [2.05, 4.69) is 21.0 Å². The van der Waals surface area contributed by atoms with E-state index in [1.807, 2.05) is 12.1 Å². The Morgan fingerprint density at radius 2 is 2.05 bits per heavy atom. The fraction of sp³-hybridized carbons (Fsp3) is 0.333. The van der Waals surface area contributed by atoms with E-state index in [1.54, 1.807) is 10.7 Å². The lowest BCUT2D eigenvalue weighted by Gasteiger charge is -2.09. The molecule has 0 radical (unpaired) electrons. The molecule has 1 aliphatic carbocycles. The number of aromatic carboxylic acids is 1. The maximum atomic E-state index is 11.5. The standard InChI is InChI=1S/C15H14BrClN2O2/c16-9-6-7-11(17)13(8-9)19-12-5-3-1-2-4-10(12)14(18-19)15(20)21/h6-8H,1-5H2,(H,20,21). The molecule has 0 fully saturated rings. The number of fused-ring (bicyclic) bond motifs is 1. The van der Waals surface area contributed by atoms with Gasteiger partial charge in [0.05, 0.1) is 10.7 Å². The van der Waals surface area contributed by atoms with Crippen LogP contribution >= 0.6 is 27.5 Å². The molecule has 0 aliphatic heterocycles. The molecule has 6 heteroatoms. The van der Waals surface area contributed by atoms with Gasteiger partial charge in [0.1, 0.15) is 0 Å². The predicted molar refractivity (Wildman–Crippen MR) is 84.5 cm³/mol. The van der Waals surface area contributed by atoms with Crippen molar-refractivity contribution in [2.75, 3.05) is 0 Å². The fourth-order valence-electron chi connectivity index (χ4n) is 2.79. The number of hydrogen-bond acceptors (Lipinski definition) is 2. The molecule has 1 aromatic heterocycles. The zero-order valence-corrected chi connectivity index (χ0v) is 13.6. The van der Waals surface area contributed by atoms with Crippen molar-refractivity contribution in [2.24, 2.45) is 0 Å². The van der Waals surface area contributed by atoms with Gasteiger partial charge in [0.15, 0.2) is 5.69 Å². The highest BCUT2D eigenvalue weighted by Gasteiger charge is 2.25. The largest absolute Gasteiger partial charge is 0.476 e. The summed E-state index contributed by atoms with van der Waals surface area (Å²) in [7, 11) is 0. The van der Waals surface area contributed by atoms with Crippen LogP contribution in [-0.2, 0) is 12.8 Å². The van der Waals surface area contributed by atoms with Gasteiger partial charge in [0, 0.05) is 15.7 Å². The Labute approximate surface area is 135 Å². The first-order chi connectivity index (χ1) is 10.1. The predicted octanol–water partition coefficient (Wildman–Crippen LogP) is 4.26. The molecule has 0 saturated carbocycles. The highest BCUT2D eigenvalue weighted by Crippen LogP contribution is 2.30. The number of nitrogens with zero attached hydrogens (tertiary/aromatic N) is 2. The molecule has 0 saturated heterocycles. The molecule has 110 valence electrons. The smallest absolute Gasteiger partial charge is 0.356 e. The van der Waals surface area contributed by atoms with Crippen molar-refractivity contribution < 1.29 is 9.90 Å². The summed E-state index contributed by atoms with van der Waals surface area (Å²) < 4.78 is 2.59. The van der Waals surface area contributed by atoms with Crippen LogP contribution < -0.4 is 0 Å². The topological polar surface area (TPSA) is 55.1 Å². The van der Waals surface area contributed by atoms with Gasteiger partial charge in [-0.15, -0.1) is 0 Å². The van der Waals surface area contributed by atoms with Gasteiger partial charge in [-0.25, -0.2) is 9.48 Å². The molecule has 1 aliphatic rings. The van der Waals surface area contributed by atoms with E-state index in [9.17, 15) is 9.90 Å². The highest BCUT2D eigenvalue weighted by atomic mass is 79.9. The number of aromatic nitrogens is 2. The molecule has 1 N–H and O–H groups in total. The average Bonchev–Trinajstić information content (AvgIpc) is 2.64. The van der Waals surface area contributed by atoms with Crippen molar-refractivity contribution in [1.82, 2.24) is 9.78 Å². The molecule has 0 spiro atoms. The highest BCUT2D eigenvalue weighted by molar-refractivity contribution is 9.10. The molecular formula is C15H14BrClN2O2. The summed E-state index contributed by atoms with van der Waals surface area (Å²) in [5.74, 6) is -0.974. The minimum Gasteiger partial charge on any atom is -0.476 e. The first-order valence-corrected chi connectivity index (χ1v) is 8.04. The van der Waals surface area contributed by atoms with Crippen molar-refractivity contribution in [2.45, 2.75) is 32.1 Å². The summed E-state index contributed by atoms with van der Waals surface area (Å²) in [4.78, 5) is 11.5. The van der Waals surface area contributed by atoms with Crippen LogP contribution in [0.4, 0.5) is 0 Å². The van der Waals surface area contributed by atoms with Gasteiger partial charge < -0.3 is 5.11 Å². The lowest BCUT2D eigenvalue weighted by atomic mass is 10.1. The Morgan fingerprint density at radius 3 is 2.81 bits per heavy atom. The minimum absolute atomic E-state index is 0.156. The maximum Gasteiger partial charge on any atom is 0.356 e. The second-order valence-electron chi connectivity index (χ2n) is 5.15. The van der Waals surface area contributed by atoms with Gasteiger partial charge in [-0.2, -0.15) is 5.10 Å². The quantitative estimate of drug-likeness (QED) is 0.805. The van der Waals surface area contributed by atoms with Crippen molar-refractivity contribution in [1.29, 1.82) is 0 Å². The molecule has 0 unspecified atom stereocenters. The summed E-state index contributed by atoms with van der Waals surface area (Å²) in [6, 6.07) is 5.50. The minimum atomic E-state index is -0.974. The second-order valence-corrected chi connectivity index (χ2v) is 6.47. The number of rotatable bonds is 2. The van der Waals surface area contributed by atoms with Gasteiger partial charge >= 0.3 is 5.97 Å². The van der Waals surface area contributed by atoms with E-state index in [0.717, 1.165) is 53.5 Å². The first kappa shape index (κ1) is 14.6. The van der Waals surface area contributed by atoms with E-state index in [4.69, 9.17) is 11.6 Å². The lowest BCUT2D eigenvalue weighted by molar-refractivity contribution is 0.0688. The zero-order chi connectivity index (χ0) is 15.0. The summed E-state index contributed by atoms with van der Waals surface area (Å²) in [5.41, 5.74) is 2.71. The van der Waals surface area contributed by atoms with Gasteiger partial charge in [-0.1, -0.05) is 34.0 Å². The van der Waals surface area contributed by atoms with E-state index in [1.165, 1.54) is 0 Å². The van der Waals surface area contributed by atoms with Crippen molar-refractivity contribution in [3.63, 3.8) is 0 Å². The zero-order valence-electron chi connectivity index (χ0n) is 11.3. The Balaban J connectivity index is 2.23. The third-order valence-corrected chi connectivity index (χ3v) is 4.58. The summed E-state index contributed by atoms with van der Waals surface area (Å²) >= 11 is 9.70. The average molecular weight is 370 g/mol. The molecule has 0 bridgehead atoms. The third-order valence-electron chi connectivity index (χ3n) is 3.77. The van der Waals surface area contributed by atoms with E-state index in [0.29, 0.717) is 5.02 Å². The molecule has 2 aromatic rings. The SMILES string of the molecule is O=C(O)c1nn(-c2cc(Br)ccc2Cl)c2c1CCCCC2. The van der Waals surface area contributed by atoms with Gasteiger partial charge in [0.25, 0.3) is 0 Å². The summed E-state index contributed by atoms with van der Waals surface area (Å²) in [5, 5.41) is 14.3. The number of carboxylic acids is 1. The van der Waals surface area contributed by atoms with Crippen molar-refractivity contribution in [3.05, 3.63) is 44.6 Å². The van der Waals surface area contributed by atoms with Gasteiger partial charge in [0.2, 0.25) is 0 Å². The summed E-state index contributed by atoms with van der Waals surface area (Å²) in [6.07, 6.45) is 4.76. The van der Waals surface area contributed by atoms with Crippen LogP contribution in [-0.4, -0.2) is 20.9 Å². The number of hydrogen-bond donors (Lipinski definition) is 1. The Morgan fingerprint density at radius 1 is 1.29 bits per heavy atom. The first-order valence-electron chi connectivity index (χ1n) is 6.87. The summed E-state index contributed by atoms with van der Waals surface area (Å²) in [6.45, 7) is 0. The Kier molecular flexibility index (Phi) is 4.04. The van der Waals surface area contributed by atoms with Crippen molar-refractivity contribution in [3.8, 4) is 5.69 Å². The second kappa shape index (κ2) is 5.81. The molecule has 1 heterocycles. The molecule has 21 heavy (non-hydrogen) atoms. The monoisotopic (exact) mass is 368 g/mol. The van der Waals surface area contributed by atoms with E-state index >= 15 is 0 Å². The van der Waals surface area contributed by atoms with Gasteiger partial charge in [-0.3, -0.25) is 0 Å². The van der Waals surface area contributed by atoms with Crippen LogP contribution in [0.25, 0.3) is 5.69 Å². The van der Waals surface area contributed by atoms with Crippen molar-refractivity contribution >= 4 is 33.5 Å². The van der Waals surface area contributed by atoms with Crippen LogP contribution in [0.15, 0.2) is 22.7 Å². The number of benzene rings is 1. The molecule has 1 aromatic carbocycles. The molecule has 0 amide bonds. The molecular weight excluding hydrogens is 356 g/mol. The van der Waals surface area contributed by atoms with E-state index < -0.39 is 5.97 Å². The fourth-order valence-corrected chi connectivity index (χ4v) is 3.34. The van der Waals surface area contributed by atoms with Crippen LogP contribution in [0, 0.1) is 0 Å². The number of halogens is 2. The molecule has 4 nitrogen and oxygen atoms in total. The van der Waals surface area contributed by atoms with Crippen LogP contribution in [0.1, 0.15) is 41.0 Å². The normalized spacial score (nSPS) is 14.6. The van der Waals surface area contributed by atoms with Crippen LogP contribution in [0.3, 0.4) is 0 Å². The van der Waals surface area contributed by atoms with E-state index in [-0.39, 0.29) is 5.69 Å².